The van der Waals surface area contributed by atoms with Crippen molar-refractivity contribution in [2.75, 3.05) is 19.7 Å². The van der Waals surface area contributed by atoms with Gasteiger partial charge in [-0.3, -0.25) is 0 Å². The summed E-state index contributed by atoms with van der Waals surface area (Å²) in [5.41, 5.74) is 0.725. The lowest BCUT2D eigenvalue weighted by Gasteiger charge is -2.42. The highest BCUT2D eigenvalue weighted by Gasteiger charge is 2.36. The van der Waals surface area contributed by atoms with Crippen LogP contribution in [0.15, 0.2) is 4.99 Å². The van der Waals surface area contributed by atoms with Crippen LogP contribution in [0.2, 0.25) is 19.6 Å². The van der Waals surface area contributed by atoms with Gasteiger partial charge in [0.15, 0.2) is 0 Å². The standard InChI is InChI=1S/C11H22N2OSi/c1-15(2,3)10-6-4-5-8-13(10)11-12-7-9-14-11/h10H,4-9H2,1-3H3. The van der Waals surface area contributed by atoms with Crippen molar-refractivity contribution in [3.63, 3.8) is 0 Å². The average Bonchev–Trinajstić information content (AvgIpc) is 2.69. The summed E-state index contributed by atoms with van der Waals surface area (Å²) in [6, 6.07) is 0.933. The van der Waals surface area contributed by atoms with Gasteiger partial charge in [0.1, 0.15) is 6.61 Å². The SMILES string of the molecule is C[Si](C)(C)C1CCCCN1C1=NCCO1. The van der Waals surface area contributed by atoms with Gasteiger partial charge in [-0.1, -0.05) is 19.6 Å². The van der Waals surface area contributed by atoms with Crippen LogP contribution in [-0.2, 0) is 4.74 Å². The molecule has 3 nitrogen and oxygen atoms in total. The quantitative estimate of drug-likeness (QED) is 0.640. The molecule has 1 unspecified atom stereocenters. The normalized spacial score (nSPS) is 27.5. The first kappa shape index (κ1) is 11.0. The van der Waals surface area contributed by atoms with Crippen LogP contribution in [0.4, 0.5) is 0 Å². The van der Waals surface area contributed by atoms with Crippen LogP contribution in [0.3, 0.4) is 0 Å². The van der Waals surface area contributed by atoms with Crippen LogP contribution in [-0.4, -0.2) is 44.4 Å². The molecule has 0 aromatic carbocycles. The molecule has 1 fully saturated rings. The Balaban J connectivity index is 2.12. The van der Waals surface area contributed by atoms with Crippen molar-refractivity contribution in [3.05, 3.63) is 0 Å². The third-order valence-corrected chi connectivity index (χ3v) is 5.92. The third-order valence-electron chi connectivity index (χ3n) is 3.32. The summed E-state index contributed by atoms with van der Waals surface area (Å²) in [7, 11) is -1.12. The lowest BCUT2D eigenvalue weighted by Crippen LogP contribution is -2.55. The maximum Gasteiger partial charge on any atom is 0.287 e. The number of likely N-dealkylation sites (tertiary alicyclic amines) is 1. The van der Waals surface area contributed by atoms with Gasteiger partial charge in [0.05, 0.1) is 14.6 Å². The number of rotatable bonds is 1. The average molecular weight is 226 g/mol. The molecular weight excluding hydrogens is 204 g/mol. The predicted octanol–water partition coefficient (Wildman–Crippen LogP) is 2.10. The first-order chi connectivity index (χ1) is 7.09. The zero-order chi connectivity index (χ0) is 10.9. The minimum atomic E-state index is -1.12. The van der Waals surface area contributed by atoms with Gasteiger partial charge in [0.25, 0.3) is 6.02 Å². The molecule has 4 heteroatoms. The van der Waals surface area contributed by atoms with Gasteiger partial charge in [-0.15, -0.1) is 0 Å². The molecule has 0 radical (unpaired) electrons. The van der Waals surface area contributed by atoms with Gasteiger partial charge in [-0.25, -0.2) is 4.99 Å². The molecule has 0 aromatic heterocycles. The molecule has 0 saturated carbocycles. The minimum absolute atomic E-state index is 0.725. The third kappa shape index (κ3) is 2.36. The smallest absolute Gasteiger partial charge is 0.287 e. The van der Waals surface area contributed by atoms with Crippen molar-refractivity contribution >= 4 is 14.1 Å². The molecule has 0 aliphatic carbocycles. The van der Waals surface area contributed by atoms with E-state index >= 15 is 0 Å². The minimum Gasteiger partial charge on any atom is -0.463 e. The summed E-state index contributed by atoms with van der Waals surface area (Å²) in [4.78, 5) is 6.91. The van der Waals surface area contributed by atoms with Gasteiger partial charge < -0.3 is 9.64 Å². The Labute approximate surface area is 93.5 Å². The van der Waals surface area contributed by atoms with E-state index in [0.29, 0.717) is 0 Å². The molecule has 2 rings (SSSR count). The monoisotopic (exact) mass is 226 g/mol. The van der Waals surface area contributed by atoms with E-state index in [0.717, 1.165) is 31.4 Å². The van der Waals surface area contributed by atoms with Crippen LogP contribution >= 0.6 is 0 Å². The predicted molar refractivity (Wildman–Crippen MR) is 65.9 cm³/mol. The van der Waals surface area contributed by atoms with Crippen molar-refractivity contribution in [1.29, 1.82) is 0 Å². The summed E-state index contributed by atoms with van der Waals surface area (Å²) < 4.78 is 5.62. The number of aliphatic imine (C=N–C) groups is 1. The number of ether oxygens (including phenoxy) is 1. The number of nitrogens with zero attached hydrogens (tertiary/aromatic N) is 2. The number of amidine groups is 1. The fraction of sp³-hybridized carbons (Fsp3) is 0.909. The summed E-state index contributed by atoms with van der Waals surface area (Å²) in [5, 5.41) is 0. The van der Waals surface area contributed by atoms with Gasteiger partial charge in [0, 0.05) is 12.2 Å². The van der Waals surface area contributed by atoms with Gasteiger partial charge in [0.2, 0.25) is 0 Å². The Kier molecular flexibility index (Phi) is 3.05. The molecule has 2 aliphatic heterocycles. The molecular formula is C11H22N2OSi. The zero-order valence-electron chi connectivity index (χ0n) is 10.1. The van der Waals surface area contributed by atoms with E-state index in [9.17, 15) is 0 Å². The van der Waals surface area contributed by atoms with Crippen LogP contribution in [0.1, 0.15) is 19.3 Å². The van der Waals surface area contributed by atoms with Gasteiger partial charge in [-0.2, -0.15) is 0 Å². The van der Waals surface area contributed by atoms with Crippen molar-refractivity contribution < 1.29 is 4.74 Å². The van der Waals surface area contributed by atoms with E-state index in [-0.39, 0.29) is 0 Å². The lowest BCUT2D eigenvalue weighted by molar-refractivity contribution is 0.217. The maximum atomic E-state index is 5.62. The largest absolute Gasteiger partial charge is 0.463 e. The van der Waals surface area contributed by atoms with E-state index in [1.807, 2.05) is 0 Å². The highest BCUT2D eigenvalue weighted by atomic mass is 28.3. The molecule has 0 N–H and O–H groups in total. The summed E-state index contributed by atoms with van der Waals surface area (Å²) in [6.07, 6.45) is 4.00. The van der Waals surface area contributed by atoms with E-state index in [1.165, 1.54) is 19.3 Å². The summed E-state index contributed by atoms with van der Waals surface area (Å²) in [6.45, 7) is 10.1. The molecule has 0 bridgehead atoms. The second-order valence-electron chi connectivity index (χ2n) is 5.58. The van der Waals surface area contributed by atoms with E-state index in [2.05, 4.69) is 29.5 Å². The van der Waals surface area contributed by atoms with Crippen LogP contribution < -0.4 is 0 Å². The van der Waals surface area contributed by atoms with Crippen molar-refractivity contribution in [2.24, 2.45) is 4.99 Å². The first-order valence-electron chi connectivity index (χ1n) is 6.03. The summed E-state index contributed by atoms with van der Waals surface area (Å²) >= 11 is 0. The Morgan fingerprint density at radius 1 is 1.33 bits per heavy atom. The molecule has 2 aliphatic rings. The topological polar surface area (TPSA) is 24.8 Å². The highest BCUT2D eigenvalue weighted by molar-refractivity contribution is 6.77. The van der Waals surface area contributed by atoms with Gasteiger partial charge >= 0.3 is 0 Å². The first-order valence-corrected chi connectivity index (χ1v) is 9.60. The molecule has 0 amide bonds. The molecule has 2 heterocycles. The number of piperidine rings is 1. The second kappa shape index (κ2) is 4.16. The Morgan fingerprint density at radius 3 is 2.73 bits per heavy atom. The molecule has 1 atom stereocenters. The molecule has 0 spiro atoms. The van der Waals surface area contributed by atoms with Crippen LogP contribution in [0, 0.1) is 0 Å². The number of hydrogen-bond acceptors (Lipinski definition) is 3. The van der Waals surface area contributed by atoms with Crippen molar-refractivity contribution in [3.8, 4) is 0 Å². The second-order valence-corrected chi connectivity index (χ2v) is 11.0. The van der Waals surface area contributed by atoms with Crippen LogP contribution in [0.5, 0.6) is 0 Å². The van der Waals surface area contributed by atoms with Crippen LogP contribution in [0.25, 0.3) is 0 Å². The maximum absolute atomic E-state index is 5.62. The lowest BCUT2D eigenvalue weighted by atomic mass is 10.1. The summed E-state index contributed by atoms with van der Waals surface area (Å²) in [5.74, 6) is 0. The number of hydrogen-bond donors (Lipinski definition) is 0. The fourth-order valence-corrected chi connectivity index (χ4v) is 4.80. The van der Waals surface area contributed by atoms with E-state index in [1.54, 1.807) is 0 Å². The Morgan fingerprint density at radius 2 is 2.13 bits per heavy atom. The Hall–Kier alpha value is -0.513. The highest BCUT2D eigenvalue weighted by Crippen LogP contribution is 2.26. The molecule has 15 heavy (non-hydrogen) atoms. The molecule has 1 saturated heterocycles. The fourth-order valence-electron chi connectivity index (χ4n) is 2.56. The van der Waals surface area contributed by atoms with E-state index < -0.39 is 8.07 Å². The van der Waals surface area contributed by atoms with Crippen molar-refractivity contribution in [1.82, 2.24) is 4.90 Å². The van der Waals surface area contributed by atoms with Crippen molar-refractivity contribution in [2.45, 2.75) is 44.6 Å². The molecule has 86 valence electrons. The molecule has 0 aromatic rings. The van der Waals surface area contributed by atoms with E-state index in [4.69, 9.17) is 4.74 Å². The zero-order valence-corrected chi connectivity index (χ0v) is 11.1. The Bertz CT molecular complexity index is 260. The van der Waals surface area contributed by atoms with Gasteiger partial charge in [-0.05, 0) is 19.3 Å².